The minimum absolute atomic E-state index is 0.863. The van der Waals surface area contributed by atoms with E-state index in [4.69, 9.17) is 0 Å². The Hall–Kier alpha value is -0.410. The summed E-state index contributed by atoms with van der Waals surface area (Å²) in [5.41, 5.74) is 3.36. The van der Waals surface area contributed by atoms with Gasteiger partial charge in [0.1, 0.15) is 0 Å². The lowest BCUT2D eigenvalue weighted by Gasteiger charge is -2.05. The Kier molecular flexibility index (Phi) is 2.88. The van der Waals surface area contributed by atoms with Crippen LogP contribution in [0.5, 0.6) is 0 Å². The molecule has 0 atom stereocenters. The summed E-state index contributed by atoms with van der Waals surface area (Å²) in [5, 5.41) is 2.07. The number of benzene rings is 1. The summed E-state index contributed by atoms with van der Waals surface area (Å²) in [6.07, 6.45) is 0. The zero-order valence-electron chi connectivity index (χ0n) is 7.72. The quantitative estimate of drug-likeness (QED) is 0.719. The van der Waals surface area contributed by atoms with E-state index in [1.54, 1.807) is 0 Å². The second-order valence-electron chi connectivity index (χ2n) is 3.19. The molecule has 0 aliphatic rings. The number of halogens is 2. The highest BCUT2D eigenvalue weighted by molar-refractivity contribution is 9.10. The predicted molar refractivity (Wildman–Crippen MR) is 66.8 cm³/mol. The van der Waals surface area contributed by atoms with Gasteiger partial charge < -0.3 is 0 Å². The Morgan fingerprint density at radius 3 is 2.71 bits per heavy atom. The van der Waals surface area contributed by atoms with E-state index in [9.17, 15) is 0 Å². The Morgan fingerprint density at radius 1 is 1.21 bits per heavy atom. The van der Waals surface area contributed by atoms with Gasteiger partial charge in [0.15, 0.2) is 0 Å². The SMILES string of the molecule is Cc1ccc2c(CBr)ccc(Br)c2n1. The number of pyridine rings is 1. The number of aryl methyl sites for hydroxylation is 1. The van der Waals surface area contributed by atoms with Gasteiger partial charge in [0, 0.05) is 20.9 Å². The average molecular weight is 315 g/mol. The van der Waals surface area contributed by atoms with Crippen molar-refractivity contribution in [3.8, 4) is 0 Å². The second-order valence-corrected chi connectivity index (χ2v) is 4.60. The summed E-state index contributed by atoms with van der Waals surface area (Å²) >= 11 is 7.00. The van der Waals surface area contributed by atoms with Crippen LogP contribution in [0.1, 0.15) is 11.3 Å². The molecular formula is C11H9Br2N. The van der Waals surface area contributed by atoms with Gasteiger partial charge in [-0.1, -0.05) is 28.1 Å². The van der Waals surface area contributed by atoms with Crippen molar-refractivity contribution >= 4 is 42.8 Å². The first kappa shape index (κ1) is 10.1. The topological polar surface area (TPSA) is 12.9 Å². The van der Waals surface area contributed by atoms with Gasteiger partial charge in [-0.3, -0.25) is 4.98 Å². The maximum atomic E-state index is 4.52. The molecule has 2 rings (SSSR count). The number of aromatic nitrogens is 1. The van der Waals surface area contributed by atoms with E-state index < -0.39 is 0 Å². The normalized spacial score (nSPS) is 10.8. The lowest BCUT2D eigenvalue weighted by atomic mass is 10.1. The number of hydrogen-bond acceptors (Lipinski definition) is 1. The monoisotopic (exact) mass is 313 g/mol. The molecule has 0 unspecified atom stereocenters. The minimum atomic E-state index is 0.863. The van der Waals surface area contributed by atoms with Crippen molar-refractivity contribution in [2.75, 3.05) is 0 Å². The van der Waals surface area contributed by atoms with Crippen molar-refractivity contribution in [3.63, 3.8) is 0 Å². The molecule has 1 nitrogen and oxygen atoms in total. The van der Waals surface area contributed by atoms with Crippen molar-refractivity contribution in [2.45, 2.75) is 12.3 Å². The largest absolute Gasteiger partial charge is 0.252 e. The Bertz CT molecular complexity index is 480. The lowest BCUT2D eigenvalue weighted by molar-refractivity contribution is 1.24. The first-order chi connectivity index (χ1) is 6.72. The molecule has 72 valence electrons. The molecule has 14 heavy (non-hydrogen) atoms. The second kappa shape index (κ2) is 3.99. The molecular weight excluding hydrogens is 306 g/mol. The fourth-order valence-corrected chi connectivity index (χ4v) is 2.38. The highest BCUT2D eigenvalue weighted by atomic mass is 79.9. The van der Waals surface area contributed by atoms with Gasteiger partial charge in [-0.2, -0.15) is 0 Å². The van der Waals surface area contributed by atoms with Crippen LogP contribution in [0, 0.1) is 6.92 Å². The number of nitrogens with zero attached hydrogens (tertiary/aromatic N) is 1. The van der Waals surface area contributed by atoms with Gasteiger partial charge in [-0.15, -0.1) is 0 Å². The molecule has 0 fully saturated rings. The summed E-state index contributed by atoms with van der Waals surface area (Å²) < 4.78 is 1.06. The van der Waals surface area contributed by atoms with Crippen LogP contribution in [0.15, 0.2) is 28.7 Å². The molecule has 0 bridgehead atoms. The van der Waals surface area contributed by atoms with E-state index in [0.29, 0.717) is 0 Å². The fourth-order valence-electron chi connectivity index (χ4n) is 1.46. The van der Waals surface area contributed by atoms with Crippen LogP contribution >= 0.6 is 31.9 Å². The van der Waals surface area contributed by atoms with Crippen molar-refractivity contribution in [1.29, 1.82) is 0 Å². The molecule has 0 spiro atoms. The van der Waals surface area contributed by atoms with Gasteiger partial charge >= 0.3 is 0 Å². The van der Waals surface area contributed by atoms with Gasteiger partial charge in [-0.05, 0) is 40.5 Å². The zero-order chi connectivity index (χ0) is 10.1. The molecule has 2 aromatic rings. The van der Waals surface area contributed by atoms with Gasteiger partial charge in [-0.25, -0.2) is 0 Å². The number of hydrogen-bond donors (Lipinski definition) is 0. The molecule has 0 saturated carbocycles. The van der Waals surface area contributed by atoms with E-state index in [2.05, 4.69) is 49.0 Å². The molecule has 0 saturated heterocycles. The molecule has 0 radical (unpaired) electrons. The summed E-state index contributed by atoms with van der Waals surface area (Å²) in [4.78, 5) is 4.52. The van der Waals surface area contributed by atoms with E-state index >= 15 is 0 Å². The van der Waals surface area contributed by atoms with Gasteiger partial charge in [0.2, 0.25) is 0 Å². The van der Waals surface area contributed by atoms with Crippen molar-refractivity contribution in [3.05, 3.63) is 40.0 Å². The fraction of sp³-hybridized carbons (Fsp3) is 0.182. The van der Waals surface area contributed by atoms with Crippen LogP contribution in [-0.4, -0.2) is 4.98 Å². The molecule has 0 N–H and O–H groups in total. The molecule has 1 heterocycles. The maximum Gasteiger partial charge on any atom is 0.0850 e. The third-order valence-electron chi connectivity index (χ3n) is 2.18. The van der Waals surface area contributed by atoms with E-state index in [-0.39, 0.29) is 0 Å². The van der Waals surface area contributed by atoms with E-state index in [0.717, 1.165) is 21.0 Å². The zero-order valence-corrected chi connectivity index (χ0v) is 10.9. The first-order valence-corrected chi connectivity index (χ1v) is 6.24. The third kappa shape index (κ3) is 1.71. The van der Waals surface area contributed by atoms with Gasteiger partial charge in [0.25, 0.3) is 0 Å². The van der Waals surface area contributed by atoms with E-state index in [1.807, 2.05) is 19.1 Å². The highest BCUT2D eigenvalue weighted by Crippen LogP contribution is 2.26. The minimum Gasteiger partial charge on any atom is -0.252 e. The van der Waals surface area contributed by atoms with Crippen LogP contribution in [0.25, 0.3) is 10.9 Å². The van der Waals surface area contributed by atoms with Crippen LogP contribution in [0.2, 0.25) is 0 Å². The number of fused-ring (bicyclic) bond motifs is 1. The van der Waals surface area contributed by atoms with Crippen LogP contribution < -0.4 is 0 Å². The van der Waals surface area contributed by atoms with Gasteiger partial charge in [0.05, 0.1) is 5.52 Å². The van der Waals surface area contributed by atoms with Crippen molar-refractivity contribution in [1.82, 2.24) is 4.98 Å². The van der Waals surface area contributed by atoms with Crippen molar-refractivity contribution in [2.24, 2.45) is 0 Å². The molecule has 1 aromatic heterocycles. The lowest BCUT2D eigenvalue weighted by Crippen LogP contribution is -1.88. The standard InChI is InChI=1S/C11H9Br2N/c1-7-2-4-9-8(6-12)3-5-10(13)11(9)14-7/h2-5H,6H2,1H3. The number of rotatable bonds is 1. The molecule has 0 amide bonds. The predicted octanol–water partition coefficient (Wildman–Crippen LogP) is 4.20. The maximum absolute atomic E-state index is 4.52. The van der Waals surface area contributed by atoms with Crippen LogP contribution in [0.4, 0.5) is 0 Å². The third-order valence-corrected chi connectivity index (χ3v) is 3.43. The summed E-state index contributed by atoms with van der Waals surface area (Å²) in [7, 11) is 0. The average Bonchev–Trinajstić information content (AvgIpc) is 2.19. The molecule has 0 aliphatic heterocycles. The smallest absolute Gasteiger partial charge is 0.0850 e. The summed E-state index contributed by atoms with van der Waals surface area (Å²) in [5.74, 6) is 0. The Balaban J connectivity index is 2.84. The summed E-state index contributed by atoms with van der Waals surface area (Å²) in [6, 6.07) is 8.32. The Morgan fingerprint density at radius 2 is 2.00 bits per heavy atom. The molecule has 0 aliphatic carbocycles. The number of alkyl halides is 1. The van der Waals surface area contributed by atoms with Crippen LogP contribution in [0.3, 0.4) is 0 Å². The first-order valence-electron chi connectivity index (χ1n) is 4.33. The summed E-state index contributed by atoms with van der Waals surface area (Å²) in [6.45, 7) is 2.01. The van der Waals surface area contributed by atoms with Crippen LogP contribution in [-0.2, 0) is 5.33 Å². The van der Waals surface area contributed by atoms with E-state index in [1.165, 1.54) is 10.9 Å². The molecule has 1 aromatic carbocycles. The molecule has 3 heteroatoms. The van der Waals surface area contributed by atoms with Crippen molar-refractivity contribution < 1.29 is 0 Å². The Labute approximate surface area is 99.8 Å². The highest BCUT2D eigenvalue weighted by Gasteiger charge is 2.04.